The van der Waals surface area contributed by atoms with Gasteiger partial charge in [-0.3, -0.25) is 4.72 Å². The molecule has 2 aliphatic rings. The van der Waals surface area contributed by atoms with Crippen molar-refractivity contribution >= 4 is 38.1 Å². The number of hydrogen-bond acceptors (Lipinski definition) is 8. The van der Waals surface area contributed by atoms with E-state index in [1.165, 1.54) is 6.08 Å². The Bertz CT molecular complexity index is 857. The predicted molar refractivity (Wildman–Crippen MR) is 118 cm³/mol. The second-order valence-corrected chi connectivity index (χ2v) is 11.2. The van der Waals surface area contributed by atoms with E-state index in [0.29, 0.717) is 36.2 Å². The second kappa shape index (κ2) is 11.2. The van der Waals surface area contributed by atoms with Crippen LogP contribution in [0, 0.1) is 5.13 Å². The molecule has 0 aromatic carbocycles. The van der Waals surface area contributed by atoms with Crippen molar-refractivity contribution in [2.75, 3.05) is 30.9 Å². The molecule has 3 rings (SSSR count). The zero-order valence-corrected chi connectivity index (χ0v) is 19.2. The van der Waals surface area contributed by atoms with Crippen LogP contribution in [0.25, 0.3) is 0 Å². The number of nitrogens with one attached hydrogen (secondary N) is 4. The number of alkyl halides is 2. The van der Waals surface area contributed by atoms with Crippen molar-refractivity contribution in [1.82, 2.24) is 20.9 Å². The molecule has 2 heterocycles. The van der Waals surface area contributed by atoms with Gasteiger partial charge in [0, 0.05) is 31.4 Å². The highest BCUT2D eigenvalue weighted by Gasteiger charge is 2.39. The van der Waals surface area contributed by atoms with Gasteiger partial charge in [0.25, 0.3) is 0 Å². The van der Waals surface area contributed by atoms with Crippen molar-refractivity contribution in [3.8, 4) is 0 Å². The molecule has 2 unspecified atom stereocenters. The zero-order valence-electron chi connectivity index (χ0n) is 16.9. The van der Waals surface area contributed by atoms with Crippen LogP contribution in [-0.2, 0) is 10.0 Å². The summed E-state index contributed by atoms with van der Waals surface area (Å²) in [5, 5.41) is 16.3. The van der Waals surface area contributed by atoms with Gasteiger partial charge in [-0.1, -0.05) is 11.3 Å². The minimum atomic E-state index is -4.10. The minimum absolute atomic E-state index is 0.105. The molecule has 0 spiro atoms. The third kappa shape index (κ3) is 7.22. The van der Waals surface area contributed by atoms with E-state index in [-0.39, 0.29) is 17.7 Å². The van der Waals surface area contributed by atoms with Crippen LogP contribution in [0.2, 0.25) is 0 Å². The number of thiazole rings is 1. The third-order valence-electron chi connectivity index (χ3n) is 5.28. The van der Waals surface area contributed by atoms with Gasteiger partial charge >= 0.3 is 0 Å². The van der Waals surface area contributed by atoms with Crippen molar-refractivity contribution in [2.24, 2.45) is 0 Å². The van der Waals surface area contributed by atoms with Crippen molar-refractivity contribution < 1.29 is 22.3 Å². The molecule has 0 saturated carbocycles. The average Bonchev–Trinajstić information content (AvgIpc) is 3.30. The van der Waals surface area contributed by atoms with E-state index in [0.717, 1.165) is 38.5 Å². The molecule has 13 heteroatoms. The van der Waals surface area contributed by atoms with Crippen LogP contribution < -0.4 is 20.7 Å². The SMILES string of the molecule is O=S(=O)(Nc1ncc(F)s1)C1CC(Cl)C(NCCCCNC[C@H]2C[C@H](O)CN2)=C[C@@H]1F. The fourth-order valence-corrected chi connectivity index (χ4v) is 6.32. The number of aliphatic hydroxyl groups excluding tert-OH is 1. The van der Waals surface area contributed by atoms with E-state index in [2.05, 4.69) is 25.7 Å². The number of aromatic nitrogens is 1. The molecular weight excluding hydrogens is 472 g/mol. The molecule has 1 aliphatic heterocycles. The fourth-order valence-electron chi connectivity index (χ4n) is 3.65. The highest BCUT2D eigenvalue weighted by molar-refractivity contribution is 7.93. The molecule has 1 aromatic heterocycles. The summed E-state index contributed by atoms with van der Waals surface area (Å²) < 4.78 is 54.7. The van der Waals surface area contributed by atoms with E-state index < -0.39 is 32.0 Å². The maximum Gasteiger partial charge on any atom is 0.240 e. The Labute approximate surface area is 189 Å². The molecule has 1 fully saturated rings. The van der Waals surface area contributed by atoms with Crippen molar-refractivity contribution in [3.05, 3.63) is 23.1 Å². The lowest BCUT2D eigenvalue weighted by Gasteiger charge is -2.29. The number of sulfonamides is 1. The van der Waals surface area contributed by atoms with Gasteiger partial charge in [-0.2, -0.15) is 4.39 Å². The molecule has 0 bridgehead atoms. The van der Waals surface area contributed by atoms with Crippen LogP contribution >= 0.6 is 22.9 Å². The van der Waals surface area contributed by atoms with Crippen LogP contribution in [0.15, 0.2) is 18.0 Å². The summed E-state index contributed by atoms with van der Waals surface area (Å²) in [6, 6.07) is 0.298. The van der Waals surface area contributed by atoms with Gasteiger partial charge in [0.05, 0.1) is 17.7 Å². The molecule has 31 heavy (non-hydrogen) atoms. The number of hydrogen-bond donors (Lipinski definition) is 5. The van der Waals surface area contributed by atoms with Gasteiger partial charge in [-0.15, -0.1) is 11.6 Å². The summed E-state index contributed by atoms with van der Waals surface area (Å²) in [5.41, 5.74) is 0.484. The Balaban J connectivity index is 1.38. The van der Waals surface area contributed by atoms with E-state index in [1.807, 2.05) is 0 Å². The van der Waals surface area contributed by atoms with Crippen molar-refractivity contribution in [3.63, 3.8) is 0 Å². The lowest BCUT2D eigenvalue weighted by atomic mass is 10.0. The lowest BCUT2D eigenvalue weighted by molar-refractivity contribution is 0.193. The van der Waals surface area contributed by atoms with Gasteiger partial charge in [0.2, 0.25) is 10.0 Å². The first-order valence-electron chi connectivity index (χ1n) is 10.2. The van der Waals surface area contributed by atoms with Crippen LogP contribution in [-0.4, -0.2) is 73.6 Å². The highest BCUT2D eigenvalue weighted by atomic mass is 35.5. The van der Waals surface area contributed by atoms with Crippen molar-refractivity contribution in [1.29, 1.82) is 0 Å². The van der Waals surface area contributed by atoms with Gasteiger partial charge in [0.15, 0.2) is 10.3 Å². The van der Waals surface area contributed by atoms with Gasteiger partial charge in [-0.05, 0) is 38.3 Å². The molecule has 5 N–H and O–H groups in total. The first-order valence-corrected chi connectivity index (χ1v) is 13.0. The number of anilines is 1. The minimum Gasteiger partial charge on any atom is -0.392 e. The second-order valence-electron chi connectivity index (χ2n) is 7.76. The molecule has 0 radical (unpaired) electrons. The fraction of sp³-hybridized carbons (Fsp3) is 0.722. The molecule has 5 atom stereocenters. The molecule has 8 nitrogen and oxygen atoms in total. The predicted octanol–water partition coefficient (Wildman–Crippen LogP) is 1.31. The zero-order chi connectivity index (χ0) is 22.4. The summed E-state index contributed by atoms with van der Waals surface area (Å²) >= 11 is 6.84. The number of allylic oxidation sites excluding steroid dienone is 2. The summed E-state index contributed by atoms with van der Waals surface area (Å²) in [6.45, 7) is 2.87. The number of nitrogens with zero attached hydrogens (tertiary/aromatic N) is 1. The quantitative estimate of drug-likeness (QED) is 0.230. The van der Waals surface area contributed by atoms with Crippen molar-refractivity contribution in [2.45, 2.75) is 54.6 Å². The Morgan fingerprint density at radius 2 is 2.10 bits per heavy atom. The number of unbranched alkanes of at least 4 members (excludes halogenated alkanes) is 1. The summed E-state index contributed by atoms with van der Waals surface area (Å²) in [6.07, 6.45) is 2.51. The summed E-state index contributed by atoms with van der Waals surface area (Å²) in [5.74, 6) is 0. The van der Waals surface area contributed by atoms with E-state index in [1.54, 1.807) is 0 Å². The lowest BCUT2D eigenvalue weighted by Crippen LogP contribution is -2.42. The van der Waals surface area contributed by atoms with E-state index >= 15 is 0 Å². The first kappa shape index (κ1) is 24.6. The van der Waals surface area contributed by atoms with E-state index in [9.17, 15) is 22.3 Å². The Hall–Kier alpha value is -1.05. The van der Waals surface area contributed by atoms with Crippen LogP contribution in [0.5, 0.6) is 0 Å². The van der Waals surface area contributed by atoms with E-state index in [4.69, 9.17) is 11.6 Å². The van der Waals surface area contributed by atoms with Crippen LogP contribution in [0.1, 0.15) is 25.7 Å². The maximum absolute atomic E-state index is 14.6. The molecular formula is C18H28ClF2N5O3S2. The largest absolute Gasteiger partial charge is 0.392 e. The number of rotatable bonds is 11. The number of β-amino-alcohol motifs (C(OH)–C–C–N with tert-alkyl or cyclic N) is 1. The number of halogens is 3. The normalized spacial score (nSPS) is 29.0. The topological polar surface area (TPSA) is 115 Å². The number of aliphatic hydroxyl groups is 1. The monoisotopic (exact) mass is 499 g/mol. The molecule has 1 aliphatic carbocycles. The Kier molecular flexibility index (Phi) is 8.88. The Morgan fingerprint density at radius 1 is 1.32 bits per heavy atom. The summed E-state index contributed by atoms with van der Waals surface area (Å²) in [7, 11) is -4.10. The Morgan fingerprint density at radius 3 is 2.77 bits per heavy atom. The van der Waals surface area contributed by atoms with Gasteiger partial charge in [-0.25, -0.2) is 17.8 Å². The van der Waals surface area contributed by atoms with Crippen LogP contribution in [0.4, 0.5) is 13.9 Å². The third-order valence-corrected chi connectivity index (χ3v) is 8.25. The standard InChI is InChI=1S/C18H28ClF2N5O3S2/c19-13-6-16(31(28,29)26-18-25-10-17(21)30-18)14(20)7-15(13)23-4-2-1-3-22-8-11-5-12(27)9-24-11/h7,10-14,16,22-24,27H,1-6,8-9H2,(H,25,26)/t11-,12+,13?,14+,16?/m1/s1. The smallest absolute Gasteiger partial charge is 0.240 e. The average molecular weight is 500 g/mol. The first-order chi connectivity index (χ1) is 14.7. The highest BCUT2D eigenvalue weighted by Crippen LogP contribution is 2.30. The van der Waals surface area contributed by atoms with Crippen LogP contribution in [0.3, 0.4) is 0 Å². The maximum atomic E-state index is 14.6. The van der Waals surface area contributed by atoms with Gasteiger partial charge in [0.1, 0.15) is 11.4 Å². The van der Waals surface area contributed by atoms with Gasteiger partial charge < -0.3 is 21.1 Å². The molecule has 1 aromatic rings. The molecule has 0 amide bonds. The molecule has 1 saturated heterocycles. The summed E-state index contributed by atoms with van der Waals surface area (Å²) in [4.78, 5) is 3.60. The molecule has 176 valence electrons.